The zero-order valence-electron chi connectivity index (χ0n) is 8.73. The highest BCUT2D eigenvalue weighted by molar-refractivity contribution is 8.01. The predicted molar refractivity (Wildman–Crippen MR) is 70.9 cm³/mol. The Morgan fingerprint density at radius 3 is 2.82 bits per heavy atom. The number of nitrogens with zero attached hydrogens (tertiary/aromatic N) is 1. The van der Waals surface area contributed by atoms with Gasteiger partial charge in [0, 0.05) is 12.1 Å². The molecule has 1 heterocycles. The first kappa shape index (κ1) is 12.7. The molecule has 1 atom stereocenters. The van der Waals surface area contributed by atoms with E-state index >= 15 is 0 Å². The highest BCUT2D eigenvalue weighted by Gasteiger charge is 2.32. The summed E-state index contributed by atoms with van der Waals surface area (Å²) >= 11 is 13.2. The van der Waals surface area contributed by atoms with Crippen molar-refractivity contribution in [2.45, 2.75) is 11.7 Å². The van der Waals surface area contributed by atoms with Crippen molar-refractivity contribution in [3.63, 3.8) is 0 Å². The van der Waals surface area contributed by atoms with Crippen LogP contribution in [0.2, 0.25) is 10.0 Å². The first-order chi connectivity index (χ1) is 8.13. The van der Waals surface area contributed by atoms with E-state index in [1.165, 1.54) is 11.8 Å². The van der Waals surface area contributed by atoms with E-state index in [1.807, 2.05) is 0 Å². The van der Waals surface area contributed by atoms with Gasteiger partial charge in [-0.05, 0) is 18.2 Å². The second-order valence-electron chi connectivity index (χ2n) is 3.55. The lowest BCUT2D eigenvalue weighted by Crippen LogP contribution is -2.29. The smallest absolute Gasteiger partial charge is 0.241 e. The Bertz CT molecular complexity index is 467. The number of carbonyl (C=O) groups is 2. The molecule has 2 rings (SSSR count). The van der Waals surface area contributed by atoms with Crippen molar-refractivity contribution in [3.8, 4) is 0 Å². The highest BCUT2D eigenvalue weighted by atomic mass is 35.5. The van der Waals surface area contributed by atoms with Crippen LogP contribution in [0.15, 0.2) is 18.2 Å². The molecule has 1 aromatic carbocycles. The summed E-state index contributed by atoms with van der Waals surface area (Å²) in [6.45, 7) is 0. The summed E-state index contributed by atoms with van der Waals surface area (Å²) in [6.07, 6.45) is 1.02. The minimum Gasteiger partial charge on any atom is -0.303 e. The lowest BCUT2D eigenvalue weighted by atomic mass is 10.2. The third-order valence-corrected chi connectivity index (χ3v) is 4.41. The molecule has 0 aliphatic carbocycles. The van der Waals surface area contributed by atoms with Crippen molar-refractivity contribution in [1.29, 1.82) is 0 Å². The van der Waals surface area contributed by atoms with Gasteiger partial charge in [0.05, 0.1) is 21.2 Å². The van der Waals surface area contributed by atoms with Crippen LogP contribution in [0.3, 0.4) is 0 Å². The van der Waals surface area contributed by atoms with Gasteiger partial charge in [0.2, 0.25) is 5.91 Å². The maximum atomic E-state index is 12.0. The number of halogens is 2. The van der Waals surface area contributed by atoms with E-state index in [2.05, 4.69) is 0 Å². The molecule has 0 aromatic heterocycles. The molecule has 3 nitrogen and oxygen atoms in total. The standard InChI is InChI=1S/C11H9Cl2NO2S/c12-8-2-1-7(5-9(8)13)14-6-17-10(3-4-15)11(14)16/h1-2,4-5,10H,3,6H2. The fraction of sp³-hybridized carbons (Fsp3) is 0.273. The van der Waals surface area contributed by atoms with Gasteiger partial charge in [-0.1, -0.05) is 23.2 Å². The van der Waals surface area contributed by atoms with Crippen molar-refractivity contribution in [1.82, 2.24) is 0 Å². The Morgan fingerprint density at radius 1 is 1.41 bits per heavy atom. The number of rotatable bonds is 3. The number of hydrogen-bond acceptors (Lipinski definition) is 3. The van der Waals surface area contributed by atoms with Crippen LogP contribution < -0.4 is 4.90 Å². The molecular formula is C11H9Cl2NO2S. The van der Waals surface area contributed by atoms with Crippen molar-refractivity contribution in [3.05, 3.63) is 28.2 Å². The van der Waals surface area contributed by atoms with Gasteiger partial charge in [-0.3, -0.25) is 4.79 Å². The number of hydrogen-bond donors (Lipinski definition) is 0. The number of anilines is 1. The van der Waals surface area contributed by atoms with Crippen LogP contribution >= 0.6 is 35.0 Å². The van der Waals surface area contributed by atoms with Gasteiger partial charge in [-0.25, -0.2) is 0 Å². The molecule has 0 saturated carbocycles. The molecule has 0 N–H and O–H groups in total. The molecule has 0 radical (unpaired) electrons. The minimum atomic E-state index is -0.276. The van der Waals surface area contributed by atoms with Gasteiger partial charge in [0.15, 0.2) is 0 Å². The van der Waals surface area contributed by atoms with Crippen LogP contribution in [0, 0.1) is 0 Å². The predicted octanol–water partition coefficient (Wildman–Crippen LogP) is 2.99. The van der Waals surface area contributed by atoms with Crippen LogP contribution in [0.5, 0.6) is 0 Å². The first-order valence-corrected chi connectivity index (χ1v) is 6.75. The number of aldehydes is 1. The molecule has 1 amide bonds. The Balaban J connectivity index is 2.21. The fourth-order valence-electron chi connectivity index (χ4n) is 1.58. The van der Waals surface area contributed by atoms with Crippen LogP contribution in [-0.4, -0.2) is 23.3 Å². The van der Waals surface area contributed by atoms with E-state index in [-0.39, 0.29) is 17.6 Å². The Kier molecular flexibility index (Phi) is 3.97. The summed E-state index contributed by atoms with van der Waals surface area (Å²) < 4.78 is 0. The monoisotopic (exact) mass is 289 g/mol. The molecule has 1 saturated heterocycles. The fourth-order valence-corrected chi connectivity index (χ4v) is 2.97. The minimum absolute atomic E-state index is 0.0551. The summed E-state index contributed by atoms with van der Waals surface area (Å²) in [6, 6.07) is 5.06. The van der Waals surface area contributed by atoms with Gasteiger partial charge in [-0.15, -0.1) is 11.8 Å². The van der Waals surface area contributed by atoms with Gasteiger partial charge in [-0.2, -0.15) is 0 Å². The van der Waals surface area contributed by atoms with Crippen LogP contribution in [0.1, 0.15) is 6.42 Å². The van der Waals surface area contributed by atoms with Crippen molar-refractivity contribution in [2.24, 2.45) is 0 Å². The Morgan fingerprint density at radius 2 is 2.18 bits per heavy atom. The first-order valence-electron chi connectivity index (χ1n) is 4.95. The summed E-state index contributed by atoms with van der Waals surface area (Å²) in [7, 11) is 0. The molecule has 1 aliphatic rings. The van der Waals surface area contributed by atoms with Gasteiger partial charge < -0.3 is 9.69 Å². The molecule has 0 spiro atoms. The average molecular weight is 290 g/mol. The second-order valence-corrected chi connectivity index (χ2v) is 5.53. The van der Waals surface area contributed by atoms with Crippen molar-refractivity contribution >= 4 is 52.8 Å². The largest absolute Gasteiger partial charge is 0.303 e. The quantitative estimate of drug-likeness (QED) is 0.803. The van der Waals surface area contributed by atoms with Gasteiger partial charge in [0.25, 0.3) is 0 Å². The third kappa shape index (κ3) is 2.59. The van der Waals surface area contributed by atoms with E-state index in [9.17, 15) is 9.59 Å². The lowest BCUT2D eigenvalue weighted by Gasteiger charge is -2.16. The van der Waals surface area contributed by atoms with E-state index in [1.54, 1.807) is 23.1 Å². The second kappa shape index (κ2) is 5.29. The zero-order chi connectivity index (χ0) is 12.4. The third-order valence-electron chi connectivity index (χ3n) is 2.47. The van der Waals surface area contributed by atoms with E-state index in [0.29, 0.717) is 21.6 Å². The number of thioether (sulfide) groups is 1. The van der Waals surface area contributed by atoms with E-state index < -0.39 is 0 Å². The zero-order valence-corrected chi connectivity index (χ0v) is 11.1. The maximum absolute atomic E-state index is 12.0. The van der Waals surface area contributed by atoms with E-state index in [4.69, 9.17) is 23.2 Å². The number of benzene rings is 1. The molecule has 1 aliphatic heterocycles. The molecule has 1 fully saturated rings. The summed E-state index contributed by atoms with van der Waals surface area (Å²) in [5.74, 6) is 0.482. The summed E-state index contributed by atoms with van der Waals surface area (Å²) in [5.41, 5.74) is 0.713. The summed E-state index contributed by atoms with van der Waals surface area (Å²) in [4.78, 5) is 24.0. The van der Waals surface area contributed by atoms with Gasteiger partial charge in [0.1, 0.15) is 6.29 Å². The maximum Gasteiger partial charge on any atom is 0.241 e. The molecule has 6 heteroatoms. The van der Waals surface area contributed by atoms with Crippen LogP contribution in [0.25, 0.3) is 0 Å². The summed E-state index contributed by atoms with van der Waals surface area (Å²) in [5, 5.41) is 0.599. The topological polar surface area (TPSA) is 37.4 Å². The molecule has 90 valence electrons. The average Bonchev–Trinajstić information content (AvgIpc) is 2.66. The SMILES string of the molecule is O=CCC1SCN(c2ccc(Cl)c(Cl)c2)C1=O. The molecule has 1 aromatic rings. The lowest BCUT2D eigenvalue weighted by molar-refractivity contribution is -0.119. The number of carbonyl (C=O) groups excluding carboxylic acids is 2. The molecular weight excluding hydrogens is 281 g/mol. The van der Waals surface area contributed by atoms with E-state index in [0.717, 1.165) is 6.29 Å². The van der Waals surface area contributed by atoms with Crippen LogP contribution in [0.4, 0.5) is 5.69 Å². The van der Waals surface area contributed by atoms with Crippen LogP contribution in [-0.2, 0) is 9.59 Å². The van der Waals surface area contributed by atoms with Crippen molar-refractivity contribution < 1.29 is 9.59 Å². The normalized spacial score (nSPS) is 19.8. The van der Waals surface area contributed by atoms with Crippen molar-refractivity contribution in [2.75, 3.05) is 10.8 Å². The highest BCUT2D eigenvalue weighted by Crippen LogP contribution is 2.33. The molecule has 0 bridgehead atoms. The Labute approximate surface area is 113 Å². The molecule has 1 unspecified atom stereocenters. The Hall–Kier alpha value is -0.710. The molecule has 17 heavy (non-hydrogen) atoms. The van der Waals surface area contributed by atoms with Gasteiger partial charge >= 0.3 is 0 Å². The number of amides is 1.